The van der Waals surface area contributed by atoms with Crippen LogP contribution in [0.4, 0.5) is 0 Å². The Morgan fingerprint density at radius 3 is 1.52 bits per heavy atom. The van der Waals surface area contributed by atoms with Gasteiger partial charge in [-0.15, -0.1) is 0 Å². The number of amides is 2. The van der Waals surface area contributed by atoms with Crippen molar-refractivity contribution in [3.05, 3.63) is 72.1 Å². The SMILES string of the molecule is O=C1NC(=O)C(c2cn(CCCO)c3ccccc23)=C1c1cn(CCCO)c2ccccc12. The molecule has 5 rings (SSSR count). The summed E-state index contributed by atoms with van der Waals surface area (Å²) in [7, 11) is 0. The maximum absolute atomic E-state index is 13.1. The van der Waals surface area contributed by atoms with E-state index in [1.165, 1.54) is 0 Å². The Balaban J connectivity index is 1.76. The van der Waals surface area contributed by atoms with Gasteiger partial charge >= 0.3 is 0 Å². The second-order valence-corrected chi connectivity index (χ2v) is 8.19. The van der Waals surface area contributed by atoms with Crippen LogP contribution in [0.25, 0.3) is 33.0 Å². The number of aliphatic hydroxyl groups is 2. The molecule has 0 atom stereocenters. The molecule has 1 aliphatic heterocycles. The summed E-state index contributed by atoms with van der Waals surface area (Å²) in [5.74, 6) is -0.820. The first kappa shape index (κ1) is 21.2. The van der Waals surface area contributed by atoms with Crippen molar-refractivity contribution in [1.82, 2.24) is 14.5 Å². The molecule has 2 aromatic carbocycles. The summed E-state index contributed by atoms with van der Waals surface area (Å²) in [6.45, 7) is 1.36. The molecule has 168 valence electrons. The van der Waals surface area contributed by atoms with Crippen LogP contribution in [-0.2, 0) is 22.7 Å². The number of fused-ring (bicyclic) bond motifs is 2. The van der Waals surface area contributed by atoms with Crippen molar-refractivity contribution in [2.24, 2.45) is 0 Å². The molecule has 33 heavy (non-hydrogen) atoms. The minimum absolute atomic E-state index is 0.0715. The van der Waals surface area contributed by atoms with Crippen LogP contribution in [0, 0.1) is 0 Å². The van der Waals surface area contributed by atoms with Gasteiger partial charge in [-0.05, 0) is 25.0 Å². The standard InChI is InChI=1S/C26H25N3O4/c30-13-5-11-28-15-19(17-7-1-3-9-21(17)28)23-24(26(33)27-25(23)32)20-16-29(12-6-14-31)22-10-4-2-8-18(20)22/h1-4,7-10,15-16,30-31H,5-6,11-14H2,(H,27,32,33). The smallest absolute Gasteiger partial charge is 0.259 e. The van der Waals surface area contributed by atoms with Crippen LogP contribution in [-0.4, -0.2) is 44.4 Å². The van der Waals surface area contributed by atoms with Crippen LogP contribution in [0.1, 0.15) is 24.0 Å². The number of hydrogen-bond acceptors (Lipinski definition) is 4. The number of imide groups is 1. The highest BCUT2D eigenvalue weighted by Gasteiger charge is 2.35. The predicted octanol–water partition coefficient (Wildman–Crippen LogP) is 2.93. The van der Waals surface area contributed by atoms with Gasteiger partial charge < -0.3 is 19.3 Å². The summed E-state index contributed by atoms with van der Waals surface area (Å²) in [5, 5.41) is 22.9. The molecular formula is C26H25N3O4. The number of rotatable bonds is 8. The molecule has 7 heteroatoms. The zero-order valence-electron chi connectivity index (χ0n) is 18.1. The topological polar surface area (TPSA) is 96.5 Å². The monoisotopic (exact) mass is 443 g/mol. The van der Waals surface area contributed by atoms with Gasteiger partial charge in [-0.25, -0.2) is 0 Å². The third-order valence-electron chi connectivity index (χ3n) is 6.16. The van der Waals surface area contributed by atoms with Crippen molar-refractivity contribution < 1.29 is 19.8 Å². The quantitative estimate of drug-likeness (QED) is 0.365. The van der Waals surface area contributed by atoms with Gasteiger partial charge in [-0.1, -0.05) is 36.4 Å². The molecular weight excluding hydrogens is 418 g/mol. The summed E-state index contributed by atoms with van der Waals surface area (Å²) in [6, 6.07) is 15.6. The number of carbonyl (C=O) groups excluding carboxylic acids is 2. The van der Waals surface area contributed by atoms with E-state index in [0.29, 0.717) is 48.2 Å². The summed E-state index contributed by atoms with van der Waals surface area (Å²) in [4.78, 5) is 26.1. The molecule has 4 aromatic rings. The van der Waals surface area contributed by atoms with Crippen molar-refractivity contribution in [2.75, 3.05) is 13.2 Å². The first-order valence-corrected chi connectivity index (χ1v) is 11.1. The lowest BCUT2D eigenvalue weighted by Crippen LogP contribution is -2.22. The minimum Gasteiger partial charge on any atom is -0.396 e. The highest BCUT2D eigenvalue weighted by molar-refractivity contribution is 6.50. The molecule has 3 N–H and O–H groups in total. The number of aromatic nitrogens is 2. The Morgan fingerprint density at radius 2 is 1.09 bits per heavy atom. The van der Waals surface area contributed by atoms with Gasteiger partial charge in [-0.2, -0.15) is 0 Å². The summed E-state index contributed by atoms with van der Waals surface area (Å²) < 4.78 is 4.04. The largest absolute Gasteiger partial charge is 0.396 e. The fourth-order valence-electron chi connectivity index (χ4n) is 4.71. The Kier molecular flexibility index (Phi) is 5.58. The third-order valence-corrected chi connectivity index (χ3v) is 6.16. The number of para-hydroxylation sites is 2. The van der Waals surface area contributed by atoms with Crippen LogP contribution in [0.15, 0.2) is 60.9 Å². The lowest BCUT2D eigenvalue weighted by molar-refractivity contribution is -0.122. The fraction of sp³-hybridized carbons (Fsp3) is 0.231. The summed E-state index contributed by atoms with van der Waals surface area (Å²) >= 11 is 0. The van der Waals surface area contributed by atoms with E-state index < -0.39 is 11.8 Å². The van der Waals surface area contributed by atoms with E-state index in [4.69, 9.17) is 0 Å². The normalized spacial score (nSPS) is 14.1. The second kappa shape index (κ2) is 8.69. The van der Waals surface area contributed by atoms with Crippen molar-refractivity contribution >= 4 is 44.8 Å². The molecule has 7 nitrogen and oxygen atoms in total. The predicted molar refractivity (Wildman–Crippen MR) is 127 cm³/mol. The number of benzene rings is 2. The zero-order valence-corrected chi connectivity index (χ0v) is 18.1. The molecule has 0 bridgehead atoms. The molecule has 3 heterocycles. The van der Waals surface area contributed by atoms with Crippen molar-refractivity contribution in [3.8, 4) is 0 Å². The van der Waals surface area contributed by atoms with E-state index in [9.17, 15) is 19.8 Å². The summed E-state index contributed by atoms with van der Waals surface area (Å²) in [5.41, 5.74) is 4.03. The van der Waals surface area contributed by atoms with Crippen LogP contribution in [0.3, 0.4) is 0 Å². The minimum atomic E-state index is -0.410. The van der Waals surface area contributed by atoms with Gasteiger partial charge in [0.2, 0.25) is 0 Å². The second-order valence-electron chi connectivity index (χ2n) is 8.19. The Labute approximate surface area is 190 Å². The van der Waals surface area contributed by atoms with Gasteiger partial charge in [0.05, 0.1) is 11.1 Å². The fourth-order valence-corrected chi connectivity index (χ4v) is 4.71. The molecule has 0 fully saturated rings. The average molecular weight is 444 g/mol. The number of aliphatic hydroxyl groups excluding tert-OH is 2. The molecule has 2 amide bonds. The van der Waals surface area contributed by atoms with Crippen molar-refractivity contribution in [3.63, 3.8) is 0 Å². The molecule has 0 unspecified atom stereocenters. The zero-order chi connectivity index (χ0) is 22.9. The summed E-state index contributed by atoms with van der Waals surface area (Å²) in [6.07, 6.45) is 4.98. The van der Waals surface area contributed by atoms with Crippen LogP contribution in [0.5, 0.6) is 0 Å². The Morgan fingerprint density at radius 1 is 0.667 bits per heavy atom. The highest BCUT2D eigenvalue weighted by Crippen LogP contribution is 2.39. The lowest BCUT2D eigenvalue weighted by atomic mass is 9.95. The maximum Gasteiger partial charge on any atom is 0.259 e. The molecule has 0 aliphatic carbocycles. The van der Waals surface area contributed by atoms with Gasteiger partial charge in [0.1, 0.15) is 0 Å². The van der Waals surface area contributed by atoms with E-state index in [1.54, 1.807) is 0 Å². The van der Waals surface area contributed by atoms with Gasteiger partial charge in [0.15, 0.2) is 0 Å². The van der Waals surface area contributed by atoms with Crippen LogP contribution in [0.2, 0.25) is 0 Å². The molecule has 0 radical (unpaired) electrons. The molecule has 0 saturated heterocycles. The van der Waals surface area contributed by atoms with Crippen LogP contribution < -0.4 is 5.32 Å². The van der Waals surface area contributed by atoms with E-state index in [0.717, 1.165) is 21.8 Å². The molecule has 2 aromatic heterocycles. The van der Waals surface area contributed by atoms with Gasteiger partial charge in [-0.3, -0.25) is 14.9 Å². The number of nitrogens with zero attached hydrogens (tertiary/aromatic N) is 2. The van der Waals surface area contributed by atoms with Gasteiger partial charge in [0.25, 0.3) is 11.8 Å². The van der Waals surface area contributed by atoms with Gasteiger partial charge in [0, 0.05) is 71.6 Å². The van der Waals surface area contributed by atoms with Crippen molar-refractivity contribution in [1.29, 1.82) is 0 Å². The molecule has 0 saturated carbocycles. The first-order chi connectivity index (χ1) is 16.1. The van der Waals surface area contributed by atoms with Crippen LogP contribution >= 0.6 is 0 Å². The van der Waals surface area contributed by atoms with Crippen molar-refractivity contribution in [2.45, 2.75) is 25.9 Å². The van der Waals surface area contributed by atoms with E-state index in [1.807, 2.05) is 70.1 Å². The number of carbonyl (C=O) groups is 2. The van der Waals surface area contributed by atoms with E-state index in [2.05, 4.69) is 5.32 Å². The highest BCUT2D eigenvalue weighted by atomic mass is 16.3. The number of nitrogens with one attached hydrogen (secondary N) is 1. The third kappa shape index (κ3) is 3.55. The Bertz CT molecular complexity index is 1300. The van der Waals surface area contributed by atoms with E-state index >= 15 is 0 Å². The number of aryl methyl sites for hydroxylation is 2. The first-order valence-electron chi connectivity index (χ1n) is 11.1. The van der Waals surface area contributed by atoms with E-state index in [-0.39, 0.29) is 13.2 Å². The maximum atomic E-state index is 13.1. The average Bonchev–Trinajstić information content (AvgIpc) is 3.47. The lowest BCUT2D eigenvalue weighted by Gasteiger charge is -2.03. The number of hydrogen-bond donors (Lipinski definition) is 3. The molecule has 1 aliphatic rings. The Hall–Kier alpha value is -3.68. The molecule has 0 spiro atoms.